The molecule has 8 nitrogen and oxygen atoms in total. The number of hydrogen-bond acceptors (Lipinski definition) is 6. The minimum absolute atomic E-state index is 0.212. The first kappa shape index (κ1) is 19.8. The minimum Gasteiger partial charge on any atom is -0.493 e. The predicted molar refractivity (Wildman–Crippen MR) is 106 cm³/mol. The third-order valence-corrected chi connectivity index (χ3v) is 5.39. The fraction of sp³-hybridized carbons (Fsp3) is 0.318. The summed E-state index contributed by atoms with van der Waals surface area (Å²) in [5, 5.41) is 2.87. The molecule has 0 aliphatic carbocycles. The van der Waals surface area contributed by atoms with E-state index in [1.165, 1.54) is 4.90 Å². The van der Waals surface area contributed by atoms with Gasteiger partial charge in [-0.1, -0.05) is 24.3 Å². The van der Waals surface area contributed by atoms with E-state index in [1.54, 1.807) is 50.6 Å². The number of carbonyl (C=O) groups is 3. The van der Waals surface area contributed by atoms with Crippen LogP contribution in [-0.2, 0) is 20.9 Å². The Morgan fingerprint density at radius 2 is 1.90 bits per heavy atom. The summed E-state index contributed by atoms with van der Waals surface area (Å²) >= 11 is 0. The van der Waals surface area contributed by atoms with Gasteiger partial charge < -0.3 is 19.5 Å². The van der Waals surface area contributed by atoms with E-state index >= 15 is 0 Å². The second-order valence-corrected chi connectivity index (χ2v) is 7.11. The number of likely N-dealkylation sites (tertiary alicyclic amines) is 1. The van der Waals surface area contributed by atoms with E-state index in [9.17, 15) is 14.4 Å². The first-order chi connectivity index (χ1) is 14.5. The highest BCUT2D eigenvalue weighted by Gasteiger charge is 2.46. The molecule has 0 bridgehead atoms. The summed E-state index contributed by atoms with van der Waals surface area (Å²) in [5.41, 5.74) is 1.86. The molecule has 2 heterocycles. The second kappa shape index (κ2) is 8.06. The molecule has 8 heteroatoms. The number of carbonyl (C=O) groups excluding carboxylic acids is 3. The maximum Gasteiger partial charge on any atom is 0.340 e. The lowest BCUT2D eigenvalue weighted by Crippen LogP contribution is -2.46. The van der Waals surface area contributed by atoms with Gasteiger partial charge >= 0.3 is 5.97 Å². The molecule has 0 radical (unpaired) electrons. The molecule has 30 heavy (non-hydrogen) atoms. The molecule has 2 aliphatic heterocycles. The van der Waals surface area contributed by atoms with Crippen LogP contribution in [0.5, 0.6) is 11.5 Å². The fourth-order valence-corrected chi connectivity index (χ4v) is 3.88. The van der Waals surface area contributed by atoms with Gasteiger partial charge in [0.05, 0.1) is 19.8 Å². The third kappa shape index (κ3) is 3.45. The molecule has 0 unspecified atom stereocenters. The fourth-order valence-electron chi connectivity index (χ4n) is 3.88. The lowest BCUT2D eigenvalue weighted by molar-refractivity contribution is -0.145. The van der Waals surface area contributed by atoms with Gasteiger partial charge in [-0.3, -0.25) is 14.5 Å². The number of ether oxygens (including phenoxy) is 3. The van der Waals surface area contributed by atoms with Crippen LogP contribution in [0, 0.1) is 0 Å². The molecule has 4 rings (SSSR count). The number of cyclic esters (lactones) is 1. The van der Waals surface area contributed by atoms with Crippen molar-refractivity contribution in [3.8, 4) is 11.5 Å². The summed E-state index contributed by atoms with van der Waals surface area (Å²) in [5.74, 6) is 0.171. The molecular formula is C22H22N2O6. The molecule has 2 aromatic rings. The van der Waals surface area contributed by atoms with Crippen molar-refractivity contribution in [1.29, 1.82) is 0 Å². The van der Waals surface area contributed by atoms with Crippen molar-refractivity contribution in [2.24, 2.45) is 0 Å². The molecule has 2 aliphatic rings. The number of nitrogens with one attached hydrogen (secondary N) is 1. The Morgan fingerprint density at radius 3 is 2.67 bits per heavy atom. The predicted octanol–water partition coefficient (Wildman–Crippen LogP) is 2.18. The molecule has 156 valence electrons. The Balaban J connectivity index is 1.49. The normalized spacial score (nSPS) is 20.0. The van der Waals surface area contributed by atoms with Crippen molar-refractivity contribution in [3.63, 3.8) is 0 Å². The molecular weight excluding hydrogens is 388 g/mol. The maximum absolute atomic E-state index is 12.9. The molecule has 2 atom stereocenters. The van der Waals surface area contributed by atoms with Gasteiger partial charge in [0.2, 0.25) is 18.0 Å². The number of rotatable bonds is 6. The van der Waals surface area contributed by atoms with Crippen molar-refractivity contribution in [1.82, 2.24) is 10.2 Å². The SMILES string of the molecule is COc1ccc(CNC(=O)[C@@H]2CCC(=O)N2[C@H]2OC(=O)c3ccccc32)cc1OC. The summed E-state index contributed by atoms with van der Waals surface area (Å²) in [6.07, 6.45) is -0.280. The molecule has 0 spiro atoms. The summed E-state index contributed by atoms with van der Waals surface area (Å²) in [6.45, 7) is 0.263. The Labute approximate surface area is 173 Å². The molecule has 1 fully saturated rings. The van der Waals surface area contributed by atoms with Crippen LogP contribution in [0.4, 0.5) is 0 Å². The van der Waals surface area contributed by atoms with E-state index in [-0.39, 0.29) is 24.8 Å². The van der Waals surface area contributed by atoms with Gasteiger partial charge in [0.1, 0.15) is 6.04 Å². The monoisotopic (exact) mass is 410 g/mol. The number of benzene rings is 2. The number of methoxy groups -OCH3 is 2. The van der Waals surface area contributed by atoms with Gasteiger partial charge in [-0.15, -0.1) is 0 Å². The molecule has 1 N–H and O–H groups in total. The maximum atomic E-state index is 12.9. The highest BCUT2D eigenvalue weighted by molar-refractivity contribution is 5.96. The summed E-state index contributed by atoms with van der Waals surface area (Å²) < 4.78 is 15.9. The standard InChI is InChI=1S/C22H22N2O6/c1-28-17-9-7-13(11-18(17)29-2)12-23-20(26)16-8-10-19(25)24(16)21-14-5-3-4-6-15(14)22(27)30-21/h3-7,9,11,16,21H,8,10,12H2,1-2H3,(H,23,26)/t16-,21-/m0/s1. The van der Waals surface area contributed by atoms with Gasteiger partial charge in [-0.05, 0) is 30.2 Å². The third-order valence-electron chi connectivity index (χ3n) is 5.39. The Bertz CT molecular complexity index is 1000. The van der Waals surface area contributed by atoms with Crippen LogP contribution in [-0.4, -0.2) is 42.9 Å². The largest absolute Gasteiger partial charge is 0.493 e. The zero-order valence-electron chi connectivity index (χ0n) is 16.7. The van der Waals surface area contributed by atoms with Gasteiger partial charge in [0.15, 0.2) is 11.5 Å². The van der Waals surface area contributed by atoms with Crippen LogP contribution < -0.4 is 14.8 Å². The van der Waals surface area contributed by atoms with Crippen molar-refractivity contribution in [2.75, 3.05) is 14.2 Å². The first-order valence-corrected chi connectivity index (χ1v) is 9.63. The van der Waals surface area contributed by atoms with Crippen molar-refractivity contribution in [3.05, 3.63) is 59.2 Å². The Kier molecular flexibility index (Phi) is 5.31. The first-order valence-electron chi connectivity index (χ1n) is 9.63. The zero-order chi connectivity index (χ0) is 21.3. The quantitative estimate of drug-likeness (QED) is 0.734. The van der Waals surface area contributed by atoms with E-state index in [0.717, 1.165) is 5.56 Å². The molecule has 1 saturated heterocycles. The van der Waals surface area contributed by atoms with Gasteiger partial charge in [0, 0.05) is 18.5 Å². The average molecular weight is 410 g/mol. The Hall–Kier alpha value is -3.55. The summed E-state index contributed by atoms with van der Waals surface area (Å²) in [6, 6.07) is 11.6. The second-order valence-electron chi connectivity index (χ2n) is 7.11. The van der Waals surface area contributed by atoms with Crippen LogP contribution in [0.3, 0.4) is 0 Å². The lowest BCUT2D eigenvalue weighted by atomic mass is 10.1. The highest BCUT2D eigenvalue weighted by Crippen LogP contribution is 2.38. The van der Waals surface area contributed by atoms with Gasteiger partial charge in [-0.25, -0.2) is 4.79 Å². The molecule has 2 aromatic carbocycles. The van der Waals surface area contributed by atoms with E-state index in [1.807, 2.05) is 6.07 Å². The topological polar surface area (TPSA) is 94.2 Å². The van der Waals surface area contributed by atoms with Crippen LogP contribution >= 0.6 is 0 Å². The number of hydrogen-bond donors (Lipinski definition) is 1. The van der Waals surface area contributed by atoms with Crippen LogP contribution in [0.2, 0.25) is 0 Å². The van der Waals surface area contributed by atoms with Crippen molar-refractivity contribution in [2.45, 2.75) is 31.7 Å². The number of nitrogens with zero attached hydrogens (tertiary/aromatic N) is 1. The number of esters is 1. The average Bonchev–Trinajstić information content (AvgIpc) is 3.31. The van der Waals surface area contributed by atoms with Crippen molar-refractivity contribution < 1.29 is 28.6 Å². The number of amides is 2. The van der Waals surface area contributed by atoms with Crippen molar-refractivity contribution >= 4 is 17.8 Å². The lowest BCUT2D eigenvalue weighted by Gasteiger charge is -2.29. The van der Waals surface area contributed by atoms with Gasteiger partial charge in [-0.2, -0.15) is 0 Å². The van der Waals surface area contributed by atoms with E-state index in [2.05, 4.69) is 5.32 Å². The molecule has 0 saturated carbocycles. The highest BCUT2D eigenvalue weighted by atomic mass is 16.6. The van der Waals surface area contributed by atoms with Crippen LogP contribution in [0.1, 0.15) is 40.6 Å². The van der Waals surface area contributed by atoms with E-state index in [4.69, 9.17) is 14.2 Å². The zero-order valence-corrected chi connectivity index (χ0v) is 16.7. The Morgan fingerprint density at radius 1 is 1.13 bits per heavy atom. The molecule has 2 amide bonds. The number of fused-ring (bicyclic) bond motifs is 1. The molecule has 0 aromatic heterocycles. The minimum atomic E-state index is -0.875. The van der Waals surface area contributed by atoms with E-state index < -0.39 is 18.2 Å². The smallest absolute Gasteiger partial charge is 0.340 e. The van der Waals surface area contributed by atoms with E-state index in [0.29, 0.717) is 29.0 Å². The summed E-state index contributed by atoms with van der Waals surface area (Å²) in [4.78, 5) is 39.0. The summed E-state index contributed by atoms with van der Waals surface area (Å²) in [7, 11) is 3.10. The van der Waals surface area contributed by atoms with Crippen LogP contribution in [0.25, 0.3) is 0 Å². The van der Waals surface area contributed by atoms with Gasteiger partial charge in [0.25, 0.3) is 0 Å². The van der Waals surface area contributed by atoms with Crippen LogP contribution in [0.15, 0.2) is 42.5 Å².